The lowest BCUT2D eigenvalue weighted by Gasteiger charge is -2.26. The molecule has 1 rings (SSSR count). The lowest BCUT2D eigenvalue weighted by Crippen LogP contribution is -2.31. The number of aliphatic hydroxyl groups excluding tert-OH is 1. The molecule has 2 nitrogen and oxygen atoms in total. The van der Waals surface area contributed by atoms with Crippen molar-refractivity contribution in [2.45, 2.75) is 25.1 Å². The Morgan fingerprint density at radius 2 is 2.21 bits per heavy atom. The zero-order valence-electron chi connectivity index (χ0n) is 7.73. The standard InChI is InChI=1S/C9H12F3NO/c1-9(12)3-5(7(14)4-13)2-6(10)8(9)11/h2,7,14H,3-4,13H2,1H3. The van der Waals surface area contributed by atoms with Crippen molar-refractivity contribution in [3.05, 3.63) is 23.3 Å². The molecule has 80 valence electrons. The Morgan fingerprint density at radius 3 is 2.64 bits per heavy atom. The van der Waals surface area contributed by atoms with E-state index in [1.807, 2.05) is 0 Å². The lowest BCUT2D eigenvalue weighted by atomic mass is 9.88. The minimum atomic E-state index is -2.38. The third-order valence-electron chi connectivity index (χ3n) is 2.17. The molecule has 0 aliphatic heterocycles. The van der Waals surface area contributed by atoms with Crippen LogP contribution < -0.4 is 5.73 Å². The molecule has 0 spiro atoms. The monoisotopic (exact) mass is 207 g/mol. The van der Waals surface area contributed by atoms with Crippen molar-refractivity contribution in [3.8, 4) is 0 Å². The number of allylic oxidation sites excluding steroid dienone is 3. The largest absolute Gasteiger partial charge is 0.387 e. The summed E-state index contributed by atoms with van der Waals surface area (Å²) in [5.41, 5.74) is 2.82. The number of halogens is 3. The Labute approximate surface area is 79.9 Å². The zero-order chi connectivity index (χ0) is 10.9. The van der Waals surface area contributed by atoms with Crippen LogP contribution >= 0.6 is 0 Å². The second-order valence-corrected chi connectivity index (χ2v) is 3.51. The molecular formula is C9H12F3NO. The fraction of sp³-hybridized carbons (Fsp3) is 0.556. The first-order chi connectivity index (χ1) is 6.38. The molecule has 0 bridgehead atoms. The molecule has 2 unspecified atom stereocenters. The van der Waals surface area contributed by atoms with Crippen LogP contribution in [0.3, 0.4) is 0 Å². The highest BCUT2D eigenvalue weighted by molar-refractivity contribution is 5.34. The summed E-state index contributed by atoms with van der Waals surface area (Å²) in [5.74, 6) is -2.70. The van der Waals surface area contributed by atoms with Gasteiger partial charge in [-0.15, -0.1) is 0 Å². The number of hydrogen-bond donors (Lipinski definition) is 2. The lowest BCUT2D eigenvalue weighted by molar-refractivity contribution is 0.156. The molecule has 2 atom stereocenters. The van der Waals surface area contributed by atoms with Crippen LogP contribution in [0.25, 0.3) is 0 Å². The normalized spacial score (nSPS) is 30.3. The molecule has 0 radical (unpaired) electrons. The molecule has 0 saturated heterocycles. The summed E-state index contributed by atoms with van der Waals surface area (Å²) in [6.45, 7) is 0.787. The predicted molar refractivity (Wildman–Crippen MR) is 46.5 cm³/mol. The Bertz CT molecular complexity index is 296. The smallest absolute Gasteiger partial charge is 0.173 e. The van der Waals surface area contributed by atoms with Gasteiger partial charge in [-0.05, 0) is 18.6 Å². The van der Waals surface area contributed by atoms with Gasteiger partial charge in [-0.25, -0.2) is 13.2 Å². The Kier molecular flexibility index (Phi) is 3.01. The maximum absolute atomic E-state index is 13.4. The van der Waals surface area contributed by atoms with E-state index in [0.29, 0.717) is 0 Å². The summed E-state index contributed by atoms with van der Waals surface area (Å²) in [6.07, 6.45) is -0.692. The molecule has 0 saturated carbocycles. The quantitative estimate of drug-likeness (QED) is 0.721. The van der Waals surface area contributed by atoms with Crippen LogP contribution in [0.5, 0.6) is 0 Å². The zero-order valence-corrected chi connectivity index (χ0v) is 7.73. The van der Waals surface area contributed by atoms with Crippen LogP contribution in [0.1, 0.15) is 13.3 Å². The molecule has 14 heavy (non-hydrogen) atoms. The average molecular weight is 207 g/mol. The first-order valence-corrected chi connectivity index (χ1v) is 4.21. The van der Waals surface area contributed by atoms with E-state index in [4.69, 9.17) is 5.73 Å². The Balaban J connectivity index is 3.00. The van der Waals surface area contributed by atoms with Gasteiger partial charge < -0.3 is 10.8 Å². The van der Waals surface area contributed by atoms with E-state index < -0.39 is 23.4 Å². The van der Waals surface area contributed by atoms with Crippen molar-refractivity contribution in [2.75, 3.05) is 6.54 Å². The second kappa shape index (κ2) is 3.74. The van der Waals surface area contributed by atoms with Gasteiger partial charge in [0.2, 0.25) is 0 Å². The topological polar surface area (TPSA) is 46.2 Å². The van der Waals surface area contributed by atoms with Gasteiger partial charge in [0, 0.05) is 13.0 Å². The van der Waals surface area contributed by atoms with E-state index in [1.165, 1.54) is 0 Å². The SMILES string of the molecule is CC1(F)CC(C(O)CN)=CC(F)=C1F. The fourth-order valence-corrected chi connectivity index (χ4v) is 1.35. The van der Waals surface area contributed by atoms with Crippen molar-refractivity contribution in [3.63, 3.8) is 0 Å². The van der Waals surface area contributed by atoms with E-state index >= 15 is 0 Å². The van der Waals surface area contributed by atoms with Crippen LogP contribution in [0.2, 0.25) is 0 Å². The van der Waals surface area contributed by atoms with Gasteiger partial charge in [0.15, 0.2) is 17.3 Å². The van der Waals surface area contributed by atoms with Crippen LogP contribution in [-0.2, 0) is 0 Å². The predicted octanol–water partition coefficient (Wildman–Crippen LogP) is 1.51. The second-order valence-electron chi connectivity index (χ2n) is 3.51. The maximum atomic E-state index is 13.4. The van der Waals surface area contributed by atoms with Gasteiger partial charge in [0.1, 0.15) is 0 Å². The molecule has 1 aliphatic rings. The van der Waals surface area contributed by atoms with Crippen molar-refractivity contribution in [1.29, 1.82) is 0 Å². The minimum Gasteiger partial charge on any atom is -0.387 e. The summed E-state index contributed by atoms with van der Waals surface area (Å²) < 4.78 is 39.1. The van der Waals surface area contributed by atoms with Crippen molar-refractivity contribution in [2.24, 2.45) is 5.73 Å². The highest BCUT2D eigenvalue weighted by Crippen LogP contribution is 2.38. The summed E-state index contributed by atoms with van der Waals surface area (Å²) in [5, 5.41) is 9.25. The Hall–Kier alpha value is -0.810. The van der Waals surface area contributed by atoms with Crippen molar-refractivity contribution in [1.82, 2.24) is 0 Å². The number of rotatable bonds is 2. The minimum absolute atomic E-state index is 0.0800. The van der Waals surface area contributed by atoms with Crippen LogP contribution in [0.15, 0.2) is 23.3 Å². The summed E-state index contributed by atoms with van der Waals surface area (Å²) in [7, 11) is 0. The summed E-state index contributed by atoms with van der Waals surface area (Å²) in [6, 6.07) is 0. The van der Waals surface area contributed by atoms with E-state index in [-0.39, 0.29) is 18.5 Å². The summed E-state index contributed by atoms with van der Waals surface area (Å²) in [4.78, 5) is 0. The first-order valence-electron chi connectivity index (χ1n) is 4.21. The fourth-order valence-electron chi connectivity index (χ4n) is 1.35. The van der Waals surface area contributed by atoms with Gasteiger partial charge >= 0.3 is 0 Å². The highest BCUT2D eigenvalue weighted by atomic mass is 19.2. The van der Waals surface area contributed by atoms with E-state index in [2.05, 4.69) is 0 Å². The molecule has 5 heteroatoms. The molecule has 0 fully saturated rings. The third-order valence-corrected chi connectivity index (χ3v) is 2.17. The molecule has 0 aromatic rings. The van der Waals surface area contributed by atoms with Crippen LogP contribution in [0.4, 0.5) is 13.2 Å². The molecule has 0 amide bonds. The van der Waals surface area contributed by atoms with Gasteiger partial charge in [-0.3, -0.25) is 0 Å². The van der Waals surface area contributed by atoms with E-state index in [9.17, 15) is 18.3 Å². The molecule has 0 heterocycles. The van der Waals surface area contributed by atoms with Crippen LogP contribution in [-0.4, -0.2) is 23.4 Å². The van der Waals surface area contributed by atoms with E-state index in [1.54, 1.807) is 0 Å². The van der Waals surface area contributed by atoms with Crippen molar-refractivity contribution < 1.29 is 18.3 Å². The summed E-state index contributed by atoms with van der Waals surface area (Å²) >= 11 is 0. The van der Waals surface area contributed by atoms with E-state index in [0.717, 1.165) is 13.0 Å². The van der Waals surface area contributed by atoms with Crippen LogP contribution in [0, 0.1) is 0 Å². The maximum Gasteiger partial charge on any atom is 0.173 e. The van der Waals surface area contributed by atoms with Gasteiger partial charge in [-0.1, -0.05) is 0 Å². The molecular weight excluding hydrogens is 195 g/mol. The molecule has 0 aromatic carbocycles. The average Bonchev–Trinajstić information content (AvgIpc) is 2.12. The highest BCUT2D eigenvalue weighted by Gasteiger charge is 2.37. The number of alkyl halides is 1. The third kappa shape index (κ3) is 1.99. The van der Waals surface area contributed by atoms with Gasteiger partial charge in [0.25, 0.3) is 0 Å². The van der Waals surface area contributed by atoms with Gasteiger partial charge in [0.05, 0.1) is 6.10 Å². The first kappa shape index (κ1) is 11.3. The number of hydrogen-bond acceptors (Lipinski definition) is 2. The number of nitrogens with two attached hydrogens (primary N) is 1. The van der Waals surface area contributed by atoms with Crippen molar-refractivity contribution >= 4 is 0 Å². The number of aliphatic hydroxyl groups is 1. The Morgan fingerprint density at radius 1 is 1.64 bits per heavy atom. The van der Waals surface area contributed by atoms with Gasteiger partial charge in [-0.2, -0.15) is 0 Å². The molecule has 1 aliphatic carbocycles. The molecule has 0 aromatic heterocycles. The molecule has 3 N–H and O–H groups in total.